The van der Waals surface area contributed by atoms with E-state index in [2.05, 4.69) is 11.4 Å². The van der Waals surface area contributed by atoms with E-state index in [0.29, 0.717) is 0 Å². The molecule has 1 N–H and O–H groups in total. The molecule has 0 saturated heterocycles. The van der Waals surface area contributed by atoms with Crippen molar-refractivity contribution in [3.05, 3.63) is 41.7 Å². The molecule has 1 aliphatic carbocycles. The fourth-order valence-electron chi connectivity index (χ4n) is 1.49. The van der Waals surface area contributed by atoms with E-state index >= 15 is 0 Å². The molecule has 0 spiro atoms. The quantitative estimate of drug-likeness (QED) is 0.729. The minimum atomic E-state index is -0.173. The maximum Gasteiger partial charge on any atom is 0.123 e. The van der Waals surface area contributed by atoms with Gasteiger partial charge in [0.25, 0.3) is 0 Å². The fourth-order valence-corrected chi connectivity index (χ4v) is 1.49. The standard InChI is InChI=1S/C13H16FN/c14-12-6-3-5-11(10-12)4-1-2-9-15-13-7-8-13/h1,3-6,10,13,15H,2,7-9H2. The topological polar surface area (TPSA) is 12.0 Å². The molecule has 0 heterocycles. The summed E-state index contributed by atoms with van der Waals surface area (Å²) in [6.07, 6.45) is 7.72. The van der Waals surface area contributed by atoms with Crippen LogP contribution in [0.1, 0.15) is 24.8 Å². The van der Waals surface area contributed by atoms with E-state index in [1.54, 1.807) is 12.1 Å². The maximum atomic E-state index is 12.8. The van der Waals surface area contributed by atoms with Crippen LogP contribution in [0.25, 0.3) is 6.08 Å². The Morgan fingerprint density at radius 2 is 2.27 bits per heavy atom. The normalized spacial score (nSPS) is 16.1. The van der Waals surface area contributed by atoms with Gasteiger partial charge in [-0.1, -0.05) is 24.3 Å². The van der Waals surface area contributed by atoms with Crippen molar-refractivity contribution in [3.63, 3.8) is 0 Å². The van der Waals surface area contributed by atoms with Crippen LogP contribution in [0, 0.1) is 5.82 Å². The lowest BCUT2D eigenvalue weighted by atomic mass is 10.2. The van der Waals surface area contributed by atoms with Gasteiger partial charge < -0.3 is 5.32 Å². The van der Waals surface area contributed by atoms with Crippen LogP contribution in [0.4, 0.5) is 4.39 Å². The van der Waals surface area contributed by atoms with Crippen molar-refractivity contribution in [2.45, 2.75) is 25.3 Å². The van der Waals surface area contributed by atoms with Crippen molar-refractivity contribution < 1.29 is 4.39 Å². The summed E-state index contributed by atoms with van der Waals surface area (Å²) in [5.41, 5.74) is 0.932. The second-order valence-electron chi connectivity index (χ2n) is 3.97. The van der Waals surface area contributed by atoms with E-state index in [1.165, 1.54) is 18.9 Å². The molecule has 80 valence electrons. The number of halogens is 1. The molecule has 15 heavy (non-hydrogen) atoms. The third-order valence-corrected chi connectivity index (χ3v) is 2.48. The molecule has 2 rings (SSSR count). The first-order valence-electron chi connectivity index (χ1n) is 5.50. The van der Waals surface area contributed by atoms with Crippen molar-refractivity contribution in [2.24, 2.45) is 0 Å². The molecule has 0 unspecified atom stereocenters. The molecule has 2 heteroatoms. The molecule has 1 fully saturated rings. The second-order valence-corrected chi connectivity index (χ2v) is 3.97. The molecule has 1 aromatic carbocycles. The molecule has 1 aromatic rings. The second kappa shape index (κ2) is 5.08. The Morgan fingerprint density at radius 1 is 1.40 bits per heavy atom. The zero-order valence-corrected chi connectivity index (χ0v) is 8.75. The zero-order valence-electron chi connectivity index (χ0n) is 8.75. The smallest absolute Gasteiger partial charge is 0.123 e. The SMILES string of the molecule is Fc1cccc(C=CCCNC2CC2)c1. The average molecular weight is 205 g/mol. The third kappa shape index (κ3) is 3.84. The highest BCUT2D eigenvalue weighted by Gasteiger charge is 2.19. The van der Waals surface area contributed by atoms with Crippen LogP contribution in [0.15, 0.2) is 30.3 Å². The molecule has 0 amide bonds. The van der Waals surface area contributed by atoms with Gasteiger partial charge in [0.15, 0.2) is 0 Å². The van der Waals surface area contributed by atoms with Crippen LogP contribution in [0.5, 0.6) is 0 Å². The van der Waals surface area contributed by atoms with Crippen LogP contribution in [-0.2, 0) is 0 Å². The van der Waals surface area contributed by atoms with Crippen LogP contribution in [0.3, 0.4) is 0 Å². The Labute approximate surface area is 90.0 Å². The predicted octanol–water partition coefficient (Wildman–Crippen LogP) is 2.98. The molecule has 0 aliphatic heterocycles. The van der Waals surface area contributed by atoms with Crippen LogP contribution in [-0.4, -0.2) is 12.6 Å². The summed E-state index contributed by atoms with van der Waals surface area (Å²) < 4.78 is 12.8. The van der Waals surface area contributed by atoms with Crippen LogP contribution < -0.4 is 5.32 Å². The summed E-state index contributed by atoms with van der Waals surface area (Å²) in [6, 6.07) is 7.43. The lowest BCUT2D eigenvalue weighted by Gasteiger charge is -1.97. The molecule has 1 aliphatic rings. The summed E-state index contributed by atoms with van der Waals surface area (Å²) >= 11 is 0. The molecule has 0 bridgehead atoms. The highest BCUT2D eigenvalue weighted by Crippen LogP contribution is 2.18. The Hall–Kier alpha value is -1.15. The molecule has 0 atom stereocenters. The Balaban J connectivity index is 1.72. The fraction of sp³-hybridized carbons (Fsp3) is 0.385. The molecule has 1 nitrogen and oxygen atoms in total. The summed E-state index contributed by atoms with van der Waals surface area (Å²) in [5.74, 6) is -0.173. The third-order valence-electron chi connectivity index (χ3n) is 2.48. The van der Waals surface area contributed by atoms with Crippen LogP contribution in [0.2, 0.25) is 0 Å². The van der Waals surface area contributed by atoms with Gasteiger partial charge in [0.05, 0.1) is 0 Å². The first-order chi connectivity index (χ1) is 7.34. The van der Waals surface area contributed by atoms with Crippen molar-refractivity contribution in [2.75, 3.05) is 6.54 Å². The van der Waals surface area contributed by atoms with E-state index in [4.69, 9.17) is 0 Å². The Bertz CT molecular complexity index is 342. The van der Waals surface area contributed by atoms with Gasteiger partial charge in [0.1, 0.15) is 5.82 Å². The van der Waals surface area contributed by atoms with Gasteiger partial charge in [-0.3, -0.25) is 0 Å². The first-order valence-corrected chi connectivity index (χ1v) is 5.50. The van der Waals surface area contributed by atoms with E-state index in [1.807, 2.05) is 12.1 Å². The van der Waals surface area contributed by atoms with Gasteiger partial charge in [-0.05, 0) is 43.5 Å². The largest absolute Gasteiger partial charge is 0.314 e. The van der Waals surface area contributed by atoms with Crippen molar-refractivity contribution >= 4 is 6.08 Å². The lowest BCUT2D eigenvalue weighted by Crippen LogP contribution is -2.16. The number of benzene rings is 1. The van der Waals surface area contributed by atoms with Crippen molar-refractivity contribution in [1.29, 1.82) is 0 Å². The van der Waals surface area contributed by atoms with Crippen molar-refractivity contribution in [3.8, 4) is 0 Å². The maximum absolute atomic E-state index is 12.8. The van der Waals surface area contributed by atoms with Gasteiger partial charge in [-0.25, -0.2) is 4.39 Å². The number of rotatable bonds is 5. The van der Waals surface area contributed by atoms with Crippen LogP contribution >= 0.6 is 0 Å². The van der Waals surface area contributed by atoms with Gasteiger partial charge in [-0.15, -0.1) is 0 Å². The van der Waals surface area contributed by atoms with Crippen molar-refractivity contribution in [1.82, 2.24) is 5.32 Å². The minimum absolute atomic E-state index is 0.173. The number of nitrogens with one attached hydrogen (secondary N) is 1. The lowest BCUT2D eigenvalue weighted by molar-refractivity contribution is 0.627. The van der Waals surface area contributed by atoms with E-state index in [9.17, 15) is 4.39 Å². The summed E-state index contributed by atoms with van der Waals surface area (Å²) in [4.78, 5) is 0. The monoisotopic (exact) mass is 205 g/mol. The summed E-state index contributed by atoms with van der Waals surface area (Å²) in [5, 5.41) is 3.43. The number of hydrogen-bond acceptors (Lipinski definition) is 1. The predicted molar refractivity (Wildman–Crippen MR) is 61.1 cm³/mol. The molecular formula is C13H16FN. The Morgan fingerprint density at radius 3 is 3.00 bits per heavy atom. The summed E-state index contributed by atoms with van der Waals surface area (Å²) in [7, 11) is 0. The molecular weight excluding hydrogens is 189 g/mol. The summed E-state index contributed by atoms with van der Waals surface area (Å²) in [6.45, 7) is 1.02. The molecule has 1 saturated carbocycles. The van der Waals surface area contributed by atoms with E-state index < -0.39 is 0 Å². The first kappa shape index (κ1) is 10.4. The van der Waals surface area contributed by atoms with Gasteiger partial charge in [0.2, 0.25) is 0 Å². The molecule has 0 radical (unpaired) electrons. The molecule has 0 aromatic heterocycles. The van der Waals surface area contributed by atoms with E-state index in [0.717, 1.165) is 24.6 Å². The average Bonchev–Trinajstić information content (AvgIpc) is 3.01. The zero-order chi connectivity index (χ0) is 10.5. The Kier molecular flexibility index (Phi) is 3.51. The number of hydrogen-bond donors (Lipinski definition) is 1. The highest BCUT2D eigenvalue weighted by molar-refractivity contribution is 5.48. The van der Waals surface area contributed by atoms with Gasteiger partial charge in [-0.2, -0.15) is 0 Å². The van der Waals surface area contributed by atoms with Gasteiger partial charge >= 0.3 is 0 Å². The van der Waals surface area contributed by atoms with Gasteiger partial charge in [0, 0.05) is 6.04 Å². The highest BCUT2D eigenvalue weighted by atomic mass is 19.1. The minimum Gasteiger partial charge on any atom is -0.314 e. The van der Waals surface area contributed by atoms with E-state index in [-0.39, 0.29) is 5.82 Å².